The van der Waals surface area contributed by atoms with Gasteiger partial charge in [-0.15, -0.1) is 12.4 Å². The van der Waals surface area contributed by atoms with Gasteiger partial charge in [-0.05, 0) is 44.6 Å². The molecule has 1 unspecified atom stereocenters. The van der Waals surface area contributed by atoms with Gasteiger partial charge in [0.15, 0.2) is 0 Å². The molecule has 0 radical (unpaired) electrons. The highest BCUT2D eigenvalue weighted by Gasteiger charge is 2.40. The molecule has 1 atom stereocenters. The van der Waals surface area contributed by atoms with Gasteiger partial charge in [-0.3, -0.25) is 4.79 Å². The van der Waals surface area contributed by atoms with Crippen LogP contribution in [0.15, 0.2) is 24.3 Å². The van der Waals surface area contributed by atoms with E-state index >= 15 is 0 Å². The minimum Gasteiger partial charge on any atom is -0.376 e. The summed E-state index contributed by atoms with van der Waals surface area (Å²) in [7, 11) is 0. The Morgan fingerprint density at radius 1 is 1.24 bits per heavy atom. The topological polar surface area (TPSA) is 55.6 Å². The molecular formula is C20H31ClN2O2. The number of hydrogen-bond donors (Lipinski definition) is 1. The third-order valence-electron chi connectivity index (χ3n) is 5.45. The minimum atomic E-state index is -0.647. The van der Waals surface area contributed by atoms with Crippen LogP contribution in [0.5, 0.6) is 0 Å². The summed E-state index contributed by atoms with van der Waals surface area (Å²) in [6.45, 7) is 4.32. The molecule has 2 N–H and O–H groups in total. The van der Waals surface area contributed by atoms with Gasteiger partial charge in [-0.1, -0.05) is 42.7 Å². The van der Waals surface area contributed by atoms with Crippen molar-refractivity contribution in [1.82, 2.24) is 4.90 Å². The second-order valence-electron chi connectivity index (χ2n) is 7.49. The maximum absolute atomic E-state index is 13.1. The van der Waals surface area contributed by atoms with Crippen LogP contribution in [0.3, 0.4) is 0 Å². The average Bonchev–Trinajstić information content (AvgIpc) is 3.24. The summed E-state index contributed by atoms with van der Waals surface area (Å²) in [5.74, 6) is 0.127. The molecule has 1 heterocycles. The number of ether oxygens (including phenoxy) is 1. The predicted molar refractivity (Wildman–Crippen MR) is 103 cm³/mol. The van der Waals surface area contributed by atoms with Crippen LogP contribution in [0, 0.1) is 6.92 Å². The molecule has 2 aliphatic rings. The Kier molecular flexibility index (Phi) is 7.29. The first-order valence-corrected chi connectivity index (χ1v) is 9.32. The average molecular weight is 367 g/mol. The molecule has 1 aromatic rings. The van der Waals surface area contributed by atoms with Crippen molar-refractivity contribution in [2.45, 2.75) is 63.5 Å². The molecule has 0 aromatic heterocycles. The monoisotopic (exact) mass is 366 g/mol. The Labute approximate surface area is 157 Å². The van der Waals surface area contributed by atoms with Crippen molar-refractivity contribution in [3.63, 3.8) is 0 Å². The molecule has 1 aliphatic heterocycles. The van der Waals surface area contributed by atoms with E-state index in [4.69, 9.17) is 10.5 Å². The van der Waals surface area contributed by atoms with E-state index in [1.54, 1.807) is 0 Å². The highest BCUT2D eigenvalue weighted by molar-refractivity contribution is 5.86. The number of carbonyl (C=O) groups excluding carboxylic acids is 1. The maximum Gasteiger partial charge on any atom is 0.242 e. The van der Waals surface area contributed by atoms with Crippen molar-refractivity contribution in [3.05, 3.63) is 35.4 Å². The van der Waals surface area contributed by atoms with Crippen LogP contribution in [-0.4, -0.2) is 42.1 Å². The standard InChI is InChI=1S/C20H30N2O2.ClH/c1-16-6-8-17(9-7-16)10-13-22(15-18-5-4-14-24-18)19(23)20(21)11-2-3-12-20;/h6-9,18H,2-5,10-15,21H2,1H3;1H. The van der Waals surface area contributed by atoms with Gasteiger partial charge in [-0.25, -0.2) is 0 Å². The second kappa shape index (κ2) is 9.02. The van der Waals surface area contributed by atoms with Gasteiger partial charge < -0.3 is 15.4 Å². The minimum absolute atomic E-state index is 0. The number of nitrogens with zero attached hydrogens (tertiary/aromatic N) is 1. The van der Waals surface area contributed by atoms with Crippen LogP contribution < -0.4 is 5.73 Å². The van der Waals surface area contributed by atoms with Crippen molar-refractivity contribution >= 4 is 18.3 Å². The van der Waals surface area contributed by atoms with E-state index in [1.807, 2.05) is 4.90 Å². The zero-order valence-corrected chi connectivity index (χ0v) is 16.0. The molecule has 3 rings (SSSR count). The van der Waals surface area contributed by atoms with Gasteiger partial charge in [-0.2, -0.15) is 0 Å². The van der Waals surface area contributed by atoms with Gasteiger partial charge in [0.2, 0.25) is 5.91 Å². The summed E-state index contributed by atoms with van der Waals surface area (Å²) < 4.78 is 5.76. The smallest absolute Gasteiger partial charge is 0.242 e. The Bertz CT molecular complexity index is 549. The van der Waals surface area contributed by atoms with E-state index in [0.717, 1.165) is 58.1 Å². The molecule has 25 heavy (non-hydrogen) atoms. The number of hydrogen-bond acceptors (Lipinski definition) is 3. The Balaban J connectivity index is 0.00000225. The first-order valence-electron chi connectivity index (χ1n) is 9.32. The SMILES string of the molecule is Cc1ccc(CCN(CC2CCCO2)C(=O)C2(N)CCCC2)cc1.Cl. The summed E-state index contributed by atoms with van der Waals surface area (Å²) >= 11 is 0. The fourth-order valence-corrected chi connectivity index (χ4v) is 3.86. The van der Waals surface area contributed by atoms with Gasteiger partial charge in [0.25, 0.3) is 0 Å². The van der Waals surface area contributed by atoms with Crippen LogP contribution in [0.2, 0.25) is 0 Å². The lowest BCUT2D eigenvalue weighted by molar-refractivity contribution is -0.138. The summed E-state index contributed by atoms with van der Waals surface area (Å²) in [5, 5.41) is 0. The van der Waals surface area contributed by atoms with E-state index in [9.17, 15) is 4.79 Å². The van der Waals surface area contributed by atoms with Gasteiger partial charge >= 0.3 is 0 Å². The zero-order chi connectivity index (χ0) is 17.0. The van der Waals surface area contributed by atoms with Crippen molar-refractivity contribution in [2.24, 2.45) is 5.73 Å². The molecule has 5 heteroatoms. The van der Waals surface area contributed by atoms with E-state index in [1.165, 1.54) is 11.1 Å². The van der Waals surface area contributed by atoms with Crippen LogP contribution in [-0.2, 0) is 16.0 Å². The summed E-state index contributed by atoms with van der Waals surface area (Å²) in [5.41, 5.74) is 8.32. The first kappa shape index (κ1) is 20.2. The number of aryl methyl sites for hydroxylation is 1. The van der Waals surface area contributed by atoms with Crippen LogP contribution in [0.4, 0.5) is 0 Å². The van der Waals surface area contributed by atoms with E-state index < -0.39 is 5.54 Å². The Morgan fingerprint density at radius 2 is 1.92 bits per heavy atom. The van der Waals surface area contributed by atoms with Crippen LogP contribution in [0.25, 0.3) is 0 Å². The molecule has 1 saturated carbocycles. The fraction of sp³-hybridized carbons (Fsp3) is 0.650. The maximum atomic E-state index is 13.1. The van der Waals surface area contributed by atoms with Gasteiger partial charge in [0, 0.05) is 19.7 Å². The molecule has 4 nitrogen and oxygen atoms in total. The quantitative estimate of drug-likeness (QED) is 0.840. The molecule has 0 spiro atoms. The van der Waals surface area contributed by atoms with E-state index in [-0.39, 0.29) is 24.4 Å². The number of halogens is 1. The summed E-state index contributed by atoms with van der Waals surface area (Å²) in [4.78, 5) is 15.0. The highest BCUT2D eigenvalue weighted by atomic mass is 35.5. The molecular weight excluding hydrogens is 336 g/mol. The molecule has 1 aliphatic carbocycles. The third kappa shape index (κ3) is 5.19. The number of rotatable bonds is 6. The van der Waals surface area contributed by atoms with E-state index in [2.05, 4.69) is 31.2 Å². The summed E-state index contributed by atoms with van der Waals surface area (Å²) in [6.07, 6.45) is 6.95. The molecule has 2 fully saturated rings. The number of carbonyl (C=O) groups is 1. The van der Waals surface area contributed by atoms with E-state index in [0.29, 0.717) is 6.54 Å². The largest absolute Gasteiger partial charge is 0.376 e. The van der Waals surface area contributed by atoms with Crippen molar-refractivity contribution in [2.75, 3.05) is 19.7 Å². The van der Waals surface area contributed by atoms with Crippen molar-refractivity contribution in [3.8, 4) is 0 Å². The highest BCUT2D eigenvalue weighted by Crippen LogP contribution is 2.29. The lowest BCUT2D eigenvalue weighted by Crippen LogP contribution is -2.55. The lowest BCUT2D eigenvalue weighted by Gasteiger charge is -2.33. The fourth-order valence-electron chi connectivity index (χ4n) is 3.86. The van der Waals surface area contributed by atoms with Crippen LogP contribution >= 0.6 is 12.4 Å². The summed E-state index contributed by atoms with van der Waals surface area (Å²) in [6, 6.07) is 8.56. The van der Waals surface area contributed by atoms with Crippen molar-refractivity contribution in [1.29, 1.82) is 0 Å². The number of amides is 1. The number of benzene rings is 1. The number of nitrogens with two attached hydrogens (primary N) is 1. The van der Waals surface area contributed by atoms with Crippen molar-refractivity contribution < 1.29 is 9.53 Å². The molecule has 1 aromatic carbocycles. The van der Waals surface area contributed by atoms with Gasteiger partial charge in [0.1, 0.15) is 0 Å². The Hall–Kier alpha value is -1.10. The van der Waals surface area contributed by atoms with Crippen LogP contribution in [0.1, 0.15) is 49.7 Å². The Morgan fingerprint density at radius 3 is 2.52 bits per heavy atom. The molecule has 1 saturated heterocycles. The lowest BCUT2D eigenvalue weighted by atomic mass is 9.96. The third-order valence-corrected chi connectivity index (χ3v) is 5.45. The molecule has 0 bridgehead atoms. The first-order chi connectivity index (χ1) is 11.6. The predicted octanol–water partition coefficient (Wildman–Crippen LogP) is 3.24. The normalized spacial score (nSPS) is 21.8. The second-order valence-corrected chi connectivity index (χ2v) is 7.49. The molecule has 1 amide bonds. The zero-order valence-electron chi connectivity index (χ0n) is 15.2. The van der Waals surface area contributed by atoms with Gasteiger partial charge in [0.05, 0.1) is 11.6 Å². The molecule has 140 valence electrons.